The van der Waals surface area contributed by atoms with Gasteiger partial charge in [0.1, 0.15) is 5.82 Å². The van der Waals surface area contributed by atoms with Crippen molar-refractivity contribution in [2.45, 2.75) is 0 Å². The Kier molecular flexibility index (Phi) is 4.50. The fourth-order valence-electron chi connectivity index (χ4n) is 2.87. The van der Waals surface area contributed by atoms with Crippen LogP contribution in [0.1, 0.15) is 11.4 Å². The summed E-state index contributed by atoms with van der Waals surface area (Å²) in [7, 11) is 0. The lowest BCUT2D eigenvalue weighted by molar-refractivity contribution is 0.944. The van der Waals surface area contributed by atoms with Crippen LogP contribution in [0.5, 0.6) is 0 Å². The summed E-state index contributed by atoms with van der Waals surface area (Å²) in [4.78, 5) is 17.8. The number of hydrogen-bond acceptors (Lipinski definition) is 2. The molecule has 0 aliphatic carbocycles. The van der Waals surface area contributed by atoms with E-state index in [0.29, 0.717) is 16.7 Å². The summed E-state index contributed by atoms with van der Waals surface area (Å²) < 4.78 is 2.66. The normalized spacial score (nSPS) is 11.3. The van der Waals surface area contributed by atoms with E-state index in [2.05, 4.69) is 15.9 Å². The quantitative estimate of drug-likeness (QED) is 0.464. The molecule has 0 amide bonds. The minimum atomic E-state index is -0.0734. The van der Waals surface area contributed by atoms with Crippen LogP contribution >= 0.6 is 15.9 Å². The van der Waals surface area contributed by atoms with Crippen molar-refractivity contribution in [1.82, 2.24) is 9.55 Å². The average molecular weight is 403 g/mol. The van der Waals surface area contributed by atoms with Gasteiger partial charge in [-0.3, -0.25) is 9.36 Å². The van der Waals surface area contributed by atoms with Crippen molar-refractivity contribution < 1.29 is 0 Å². The van der Waals surface area contributed by atoms with E-state index >= 15 is 0 Å². The van der Waals surface area contributed by atoms with Gasteiger partial charge < -0.3 is 0 Å². The van der Waals surface area contributed by atoms with E-state index < -0.39 is 0 Å². The van der Waals surface area contributed by atoms with Crippen molar-refractivity contribution in [3.63, 3.8) is 0 Å². The van der Waals surface area contributed by atoms with Crippen LogP contribution in [0.4, 0.5) is 0 Å². The number of fused-ring (bicyclic) bond motifs is 1. The Morgan fingerprint density at radius 3 is 2.42 bits per heavy atom. The van der Waals surface area contributed by atoms with E-state index in [1.807, 2.05) is 91.0 Å². The highest BCUT2D eigenvalue weighted by Gasteiger charge is 2.10. The highest BCUT2D eigenvalue weighted by Crippen LogP contribution is 2.17. The van der Waals surface area contributed by atoms with Crippen LogP contribution in [0.2, 0.25) is 0 Å². The summed E-state index contributed by atoms with van der Waals surface area (Å²) in [6.45, 7) is 0. The van der Waals surface area contributed by atoms with Crippen LogP contribution in [-0.4, -0.2) is 9.55 Å². The lowest BCUT2D eigenvalue weighted by Crippen LogP contribution is -2.22. The number of para-hydroxylation sites is 2. The first kappa shape index (κ1) is 16.5. The van der Waals surface area contributed by atoms with Crippen molar-refractivity contribution >= 4 is 39.0 Å². The predicted octanol–water partition coefficient (Wildman–Crippen LogP) is 5.32. The van der Waals surface area contributed by atoms with E-state index in [4.69, 9.17) is 4.98 Å². The van der Waals surface area contributed by atoms with Gasteiger partial charge in [-0.05, 0) is 48.0 Å². The summed E-state index contributed by atoms with van der Waals surface area (Å²) in [6.07, 6.45) is 3.84. The summed E-state index contributed by atoms with van der Waals surface area (Å²) in [5.74, 6) is 0.597. The van der Waals surface area contributed by atoms with Gasteiger partial charge >= 0.3 is 0 Å². The van der Waals surface area contributed by atoms with Crippen molar-refractivity contribution in [3.8, 4) is 5.69 Å². The van der Waals surface area contributed by atoms with Crippen molar-refractivity contribution in [3.05, 3.63) is 105 Å². The molecule has 3 aromatic carbocycles. The molecule has 0 radical (unpaired) electrons. The molecular weight excluding hydrogens is 388 g/mol. The summed E-state index contributed by atoms with van der Waals surface area (Å²) in [5.41, 5.74) is 2.44. The molecule has 0 aliphatic rings. The minimum Gasteiger partial charge on any atom is -0.268 e. The highest BCUT2D eigenvalue weighted by atomic mass is 79.9. The smallest absolute Gasteiger partial charge is 0.266 e. The largest absolute Gasteiger partial charge is 0.268 e. The van der Waals surface area contributed by atoms with Crippen molar-refractivity contribution in [2.75, 3.05) is 0 Å². The summed E-state index contributed by atoms with van der Waals surface area (Å²) >= 11 is 3.48. The third-order valence-corrected chi connectivity index (χ3v) is 4.58. The van der Waals surface area contributed by atoms with Gasteiger partial charge in [-0.1, -0.05) is 64.5 Å². The number of nitrogens with zero attached hydrogens (tertiary/aromatic N) is 2. The maximum Gasteiger partial charge on any atom is 0.266 e. The molecule has 4 rings (SSSR count). The van der Waals surface area contributed by atoms with Gasteiger partial charge in [-0.15, -0.1) is 0 Å². The van der Waals surface area contributed by atoms with Gasteiger partial charge in [0.25, 0.3) is 5.56 Å². The number of hydrogen-bond donors (Lipinski definition) is 0. The standard InChI is InChI=1S/C22H15BrN2O/c23-17-8-6-7-16(15-17)13-14-21-24-20-12-5-4-11-19(20)22(26)25(21)18-9-2-1-3-10-18/h1-15H/b14-13+. The lowest BCUT2D eigenvalue weighted by Gasteiger charge is -2.11. The molecule has 0 aliphatic heterocycles. The first-order chi connectivity index (χ1) is 12.7. The molecular formula is C22H15BrN2O. The van der Waals surface area contributed by atoms with Crippen LogP contribution in [0, 0.1) is 0 Å². The molecule has 1 heterocycles. The number of benzene rings is 3. The number of rotatable bonds is 3. The Balaban J connectivity index is 1.94. The van der Waals surface area contributed by atoms with Crippen LogP contribution in [-0.2, 0) is 0 Å². The van der Waals surface area contributed by atoms with E-state index in [-0.39, 0.29) is 5.56 Å². The number of halogens is 1. The molecule has 126 valence electrons. The third kappa shape index (κ3) is 3.24. The van der Waals surface area contributed by atoms with Gasteiger partial charge in [0.05, 0.1) is 16.6 Å². The fraction of sp³-hybridized carbons (Fsp3) is 0. The lowest BCUT2D eigenvalue weighted by atomic mass is 10.2. The molecule has 4 aromatic rings. The van der Waals surface area contributed by atoms with E-state index in [9.17, 15) is 4.79 Å². The van der Waals surface area contributed by atoms with Gasteiger partial charge in [0, 0.05) is 4.47 Å². The molecule has 0 N–H and O–H groups in total. The maximum atomic E-state index is 13.1. The Morgan fingerprint density at radius 1 is 0.846 bits per heavy atom. The molecule has 0 atom stereocenters. The van der Waals surface area contributed by atoms with Crippen molar-refractivity contribution in [2.24, 2.45) is 0 Å². The molecule has 26 heavy (non-hydrogen) atoms. The number of aromatic nitrogens is 2. The van der Waals surface area contributed by atoms with Gasteiger partial charge in [0.2, 0.25) is 0 Å². The zero-order chi connectivity index (χ0) is 17.9. The van der Waals surface area contributed by atoms with Gasteiger partial charge in [-0.2, -0.15) is 0 Å². The molecule has 0 unspecified atom stereocenters. The second-order valence-electron chi connectivity index (χ2n) is 5.85. The molecule has 0 fully saturated rings. The molecule has 0 saturated heterocycles. The van der Waals surface area contributed by atoms with E-state index in [0.717, 1.165) is 15.7 Å². The van der Waals surface area contributed by atoms with Gasteiger partial charge in [0.15, 0.2) is 0 Å². The van der Waals surface area contributed by atoms with Crippen LogP contribution in [0.25, 0.3) is 28.7 Å². The first-order valence-electron chi connectivity index (χ1n) is 8.23. The third-order valence-electron chi connectivity index (χ3n) is 4.09. The average Bonchev–Trinajstić information content (AvgIpc) is 2.67. The zero-order valence-corrected chi connectivity index (χ0v) is 15.4. The monoisotopic (exact) mass is 402 g/mol. The highest BCUT2D eigenvalue weighted by molar-refractivity contribution is 9.10. The second kappa shape index (κ2) is 7.10. The molecule has 1 aromatic heterocycles. The SMILES string of the molecule is O=c1c2ccccc2nc(/C=C/c2cccc(Br)c2)n1-c1ccccc1. The van der Waals surface area contributed by atoms with E-state index in [1.54, 1.807) is 4.57 Å². The Morgan fingerprint density at radius 2 is 1.62 bits per heavy atom. The summed E-state index contributed by atoms with van der Waals surface area (Å²) in [6, 6.07) is 25.0. The molecule has 0 spiro atoms. The molecule has 3 nitrogen and oxygen atoms in total. The van der Waals surface area contributed by atoms with Crippen LogP contribution < -0.4 is 5.56 Å². The predicted molar refractivity (Wildman–Crippen MR) is 110 cm³/mol. The van der Waals surface area contributed by atoms with Crippen molar-refractivity contribution in [1.29, 1.82) is 0 Å². The molecule has 0 bridgehead atoms. The Labute approximate surface area is 159 Å². The van der Waals surface area contributed by atoms with E-state index in [1.165, 1.54) is 0 Å². The maximum absolute atomic E-state index is 13.1. The summed E-state index contributed by atoms with van der Waals surface area (Å²) in [5, 5.41) is 0.607. The van der Waals surface area contributed by atoms with Gasteiger partial charge in [-0.25, -0.2) is 4.98 Å². The first-order valence-corrected chi connectivity index (χ1v) is 9.02. The molecule has 4 heteroatoms. The minimum absolute atomic E-state index is 0.0734. The van der Waals surface area contributed by atoms with Crippen LogP contribution in [0.15, 0.2) is 88.1 Å². The Bertz CT molecular complexity index is 1160. The Hall–Kier alpha value is -2.98. The zero-order valence-electron chi connectivity index (χ0n) is 13.8. The topological polar surface area (TPSA) is 34.9 Å². The molecule has 0 saturated carbocycles. The van der Waals surface area contributed by atoms with Crippen LogP contribution in [0.3, 0.4) is 0 Å². The second-order valence-corrected chi connectivity index (χ2v) is 6.77. The fourth-order valence-corrected chi connectivity index (χ4v) is 3.29.